The van der Waals surface area contributed by atoms with Crippen molar-refractivity contribution in [2.45, 2.75) is 12.6 Å². The zero-order valence-corrected chi connectivity index (χ0v) is 10.4. The maximum absolute atomic E-state index is 12.4. The van der Waals surface area contributed by atoms with Gasteiger partial charge in [-0.15, -0.1) is 0 Å². The summed E-state index contributed by atoms with van der Waals surface area (Å²) in [6.45, 7) is 1.12. The predicted octanol–water partition coefficient (Wildman–Crippen LogP) is -1.13. The number of pyridine rings is 1. The molecule has 1 aromatic heterocycles. The number of hydrogen-bond donors (Lipinski definition) is 2. The van der Waals surface area contributed by atoms with Crippen LogP contribution in [-0.2, 0) is 16.1 Å². The molecule has 2 amide bonds. The van der Waals surface area contributed by atoms with E-state index in [1.165, 1.54) is 11.1 Å². The Balaban J connectivity index is 2.23. The van der Waals surface area contributed by atoms with Crippen LogP contribution >= 0.6 is 0 Å². The minimum atomic E-state index is -0.726. The van der Waals surface area contributed by atoms with Crippen LogP contribution in [-0.4, -0.2) is 47.5 Å². The summed E-state index contributed by atoms with van der Waals surface area (Å²) in [6, 6.07) is 2.49. The molecule has 0 bridgehead atoms. The number of carbonyl (C=O) groups is 2. The minimum absolute atomic E-state index is 0.135. The third-order valence-electron chi connectivity index (χ3n) is 2.99. The SMILES string of the molecule is NCc1cc(C(=O)N2CCOCC2C(N)=O)ccn1. The summed E-state index contributed by atoms with van der Waals surface area (Å²) in [7, 11) is 0. The molecule has 19 heavy (non-hydrogen) atoms. The van der Waals surface area contributed by atoms with Crippen molar-refractivity contribution in [3.8, 4) is 0 Å². The van der Waals surface area contributed by atoms with Gasteiger partial charge in [0.15, 0.2) is 0 Å². The fourth-order valence-corrected chi connectivity index (χ4v) is 1.97. The Labute approximate surface area is 110 Å². The van der Waals surface area contributed by atoms with Crippen LogP contribution in [0, 0.1) is 0 Å². The molecule has 1 unspecified atom stereocenters. The van der Waals surface area contributed by atoms with Crippen LogP contribution in [0.2, 0.25) is 0 Å². The summed E-state index contributed by atoms with van der Waals surface area (Å²) < 4.78 is 5.18. The second-order valence-electron chi connectivity index (χ2n) is 4.23. The second-order valence-corrected chi connectivity index (χ2v) is 4.23. The molecule has 7 heteroatoms. The maximum Gasteiger partial charge on any atom is 0.254 e. The van der Waals surface area contributed by atoms with Gasteiger partial charge >= 0.3 is 0 Å². The molecule has 1 saturated heterocycles. The van der Waals surface area contributed by atoms with Gasteiger partial charge in [0.2, 0.25) is 5.91 Å². The van der Waals surface area contributed by atoms with Crippen LogP contribution in [0.5, 0.6) is 0 Å². The number of amides is 2. The third kappa shape index (κ3) is 2.88. The lowest BCUT2D eigenvalue weighted by molar-refractivity contribution is -0.127. The first kappa shape index (κ1) is 13.4. The molecule has 0 spiro atoms. The molecule has 0 radical (unpaired) electrons. The van der Waals surface area contributed by atoms with Crippen molar-refractivity contribution in [3.05, 3.63) is 29.6 Å². The van der Waals surface area contributed by atoms with Gasteiger partial charge in [-0.1, -0.05) is 0 Å². The number of primary amides is 1. The Bertz CT molecular complexity index is 492. The van der Waals surface area contributed by atoms with Gasteiger partial charge in [-0.3, -0.25) is 14.6 Å². The summed E-state index contributed by atoms with van der Waals surface area (Å²) >= 11 is 0. The number of carbonyl (C=O) groups excluding carboxylic acids is 2. The quantitative estimate of drug-likeness (QED) is 0.717. The highest BCUT2D eigenvalue weighted by Crippen LogP contribution is 2.13. The van der Waals surface area contributed by atoms with Crippen molar-refractivity contribution >= 4 is 11.8 Å². The van der Waals surface area contributed by atoms with Crippen LogP contribution in [0.15, 0.2) is 18.3 Å². The molecule has 4 N–H and O–H groups in total. The molecule has 1 aliphatic heterocycles. The Hall–Kier alpha value is -1.99. The highest BCUT2D eigenvalue weighted by Gasteiger charge is 2.31. The maximum atomic E-state index is 12.4. The van der Waals surface area contributed by atoms with Crippen molar-refractivity contribution in [2.24, 2.45) is 11.5 Å². The molecule has 0 saturated carbocycles. The molecule has 7 nitrogen and oxygen atoms in total. The molecular formula is C12H16N4O3. The molecule has 2 rings (SSSR count). The van der Waals surface area contributed by atoms with Crippen molar-refractivity contribution in [3.63, 3.8) is 0 Å². The van der Waals surface area contributed by atoms with Crippen LogP contribution < -0.4 is 11.5 Å². The molecule has 1 aromatic rings. The van der Waals surface area contributed by atoms with Crippen LogP contribution in [0.25, 0.3) is 0 Å². The van der Waals surface area contributed by atoms with E-state index < -0.39 is 11.9 Å². The molecule has 1 aliphatic rings. The van der Waals surface area contributed by atoms with Crippen molar-refractivity contribution in [2.75, 3.05) is 19.8 Å². The number of ether oxygens (including phenoxy) is 1. The van der Waals surface area contributed by atoms with E-state index >= 15 is 0 Å². The van der Waals surface area contributed by atoms with Gasteiger partial charge in [-0.2, -0.15) is 0 Å². The highest BCUT2D eigenvalue weighted by atomic mass is 16.5. The van der Waals surface area contributed by atoms with E-state index in [1.54, 1.807) is 12.1 Å². The van der Waals surface area contributed by atoms with Gasteiger partial charge in [0.1, 0.15) is 6.04 Å². The van der Waals surface area contributed by atoms with Crippen LogP contribution in [0.4, 0.5) is 0 Å². The first-order valence-electron chi connectivity index (χ1n) is 5.96. The lowest BCUT2D eigenvalue weighted by Crippen LogP contribution is -2.54. The second kappa shape index (κ2) is 5.77. The average molecular weight is 264 g/mol. The standard InChI is InChI=1S/C12H16N4O3/c13-6-9-5-8(1-2-15-9)12(18)16-3-4-19-7-10(16)11(14)17/h1-2,5,10H,3-4,6-7,13H2,(H2,14,17). The number of rotatable bonds is 3. The van der Waals surface area contributed by atoms with E-state index in [0.29, 0.717) is 24.4 Å². The van der Waals surface area contributed by atoms with E-state index in [1.807, 2.05) is 0 Å². The summed E-state index contributed by atoms with van der Waals surface area (Å²) in [6.07, 6.45) is 1.52. The zero-order chi connectivity index (χ0) is 13.8. The highest BCUT2D eigenvalue weighted by molar-refractivity contribution is 5.97. The largest absolute Gasteiger partial charge is 0.377 e. The lowest BCUT2D eigenvalue weighted by atomic mass is 10.1. The topological polar surface area (TPSA) is 112 Å². The van der Waals surface area contributed by atoms with Crippen LogP contribution in [0.3, 0.4) is 0 Å². The summed E-state index contributed by atoms with van der Waals surface area (Å²) in [4.78, 5) is 29.2. The molecule has 1 fully saturated rings. The predicted molar refractivity (Wildman–Crippen MR) is 67.0 cm³/mol. The summed E-state index contributed by atoms with van der Waals surface area (Å²) in [5.74, 6) is -0.828. The van der Waals surface area contributed by atoms with Gasteiger partial charge in [0, 0.05) is 24.8 Å². The van der Waals surface area contributed by atoms with E-state index in [-0.39, 0.29) is 19.1 Å². The van der Waals surface area contributed by atoms with Crippen molar-refractivity contribution in [1.29, 1.82) is 0 Å². The Morgan fingerprint density at radius 3 is 3.00 bits per heavy atom. The fourth-order valence-electron chi connectivity index (χ4n) is 1.97. The Morgan fingerprint density at radius 2 is 2.32 bits per heavy atom. The van der Waals surface area contributed by atoms with E-state index in [4.69, 9.17) is 16.2 Å². The van der Waals surface area contributed by atoms with E-state index in [0.717, 1.165) is 0 Å². The van der Waals surface area contributed by atoms with Crippen molar-refractivity contribution in [1.82, 2.24) is 9.88 Å². The van der Waals surface area contributed by atoms with Gasteiger partial charge in [-0.05, 0) is 12.1 Å². The monoisotopic (exact) mass is 264 g/mol. The molecular weight excluding hydrogens is 248 g/mol. The number of nitrogens with zero attached hydrogens (tertiary/aromatic N) is 2. The summed E-state index contributed by atoms with van der Waals surface area (Å²) in [5, 5.41) is 0. The fraction of sp³-hybridized carbons (Fsp3) is 0.417. The van der Waals surface area contributed by atoms with E-state index in [2.05, 4.69) is 4.98 Å². The molecule has 102 valence electrons. The van der Waals surface area contributed by atoms with Crippen LogP contribution in [0.1, 0.15) is 16.1 Å². The van der Waals surface area contributed by atoms with Crippen molar-refractivity contribution < 1.29 is 14.3 Å². The first-order chi connectivity index (χ1) is 9.13. The molecule has 2 heterocycles. The number of hydrogen-bond acceptors (Lipinski definition) is 5. The molecule has 0 aromatic carbocycles. The molecule has 0 aliphatic carbocycles. The van der Waals surface area contributed by atoms with Gasteiger partial charge in [0.25, 0.3) is 5.91 Å². The normalized spacial score (nSPS) is 19.2. The number of morpholine rings is 1. The average Bonchev–Trinajstić information content (AvgIpc) is 2.46. The minimum Gasteiger partial charge on any atom is -0.377 e. The zero-order valence-electron chi connectivity index (χ0n) is 10.4. The van der Waals surface area contributed by atoms with E-state index in [9.17, 15) is 9.59 Å². The Kier molecular flexibility index (Phi) is 4.08. The Morgan fingerprint density at radius 1 is 1.53 bits per heavy atom. The number of aromatic nitrogens is 1. The third-order valence-corrected chi connectivity index (χ3v) is 2.99. The molecule has 1 atom stereocenters. The first-order valence-corrected chi connectivity index (χ1v) is 5.96. The summed E-state index contributed by atoms with van der Waals surface area (Å²) in [5.41, 5.74) is 11.8. The van der Waals surface area contributed by atoms with Gasteiger partial charge in [0.05, 0.1) is 18.9 Å². The van der Waals surface area contributed by atoms with Gasteiger partial charge in [-0.25, -0.2) is 0 Å². The van der Waals surface area contributed by atoms with Gasteiger partial charge < -0.3 is 21.1 Å². The smallest absolute Gasteiger partial charge is 0.254 e. The number of nitrogens with two attached hydrogens (primary N) is 2. The lowest BCUT2D eigenvalue weighted by Gasteiger charge is -2.33.